The van der Waals surface area contributed by atoms with Gasteiger partial charge in [0.05, 0.1) is 9.92 Å². The maximum Gasteiger partial charge on any atom is 0.275 e. The zero-order valence-corrected chi connectivity index (χ0v) is 21.2. The second kappa shape index (κ2) is 11.5. The molecule has 0 fully saturated rings. The van der Waals surface area contributed by atoms with Crippen LogP contribution in [0.1, 0.15) is 53.2 Å². The first kappa shape index (κ1) is 26.4. The molecule has 0 unspecified atom stereocenters. The molecule has 9 nitrogen and oxygen atoms in total. The van der Waals surface area contributed by atoms with Gasteiger partial charge in [-0.25, -0.2) is 8.42 Å². The summed E-state index contributed by atoms with van der Waals surface area (Å²) in [7, 11) is -3.66. The summed E-state index contributed by atoms with van der Waals surface area (Å²) in [5, 5.41) is 4.33. The van der Waals surface area contributed by atoms with Crippen LogP contribution in [0.5, 0.6) is 0 Å². The van der Waals surface area contributed by atoms with Crippen LogP contribution in [0.4, 0.5) is 0 Å². The predicted molar refractivity (Wildman–Crippen MR) is 132 cm³/mol. The summed E-state index contributed by atoms with van der Waals surface area (Å²) in [6.45, 7) is 6.24. The molecule has 3 rings (SSSR count). The molecule has 186 valence electrons. The summed E-state index contributed by atoms with van der Waals surface area (Å²) in [6, 6.07) is 12.4. The summed E-state index contributed by atoms with van der Waals surface area (Å²) in [4.78, 5) is 25.5. The number of sulfonamides is 1. The highest BCUT2D eigenvalue weighted by atomic mass is 35.5. The van der Waals surface area contributed by atoms with Gasteiger partial charge in [0.25, 0.3) is 11.8 Å². The predicted octanol–water partition coefficient (Wildman–Crippen LogP) is 4.19. The third-order valence-electron chi connectivity index (χ3n) is 5.21. The van der Waals surface area contributed by atoms with E-state index >= 15 is 0 Å². The minimum Gasteiger partial charge on any atom is -0.360 e. The Morgan fingerprint density at radius 3 is 2.17 bits per heavy atom. The smallest absolute Gasteiger partial charge is 0.275 e. The van der Waals surface area contributed by atoms with Crippen molar-refractivity contribution in [3.05, 3.63) is 70.4 Å². The van der Waals surface area contributed by atoms with Crippen molar-refractivity contribution in [2.45, 2.75) is 38.5 Å². The molecule has 0 radical (unpaired) electrons. The van der Waals surface area contributed by atoms with Gasteiger partial charge in [-0.3, -0.25) is 20.4 Å². The Bertz CT molecular complexity index is 1300. The highest BCUT2D eigenvalue weighted by Crippen LogP contribution is 2.30. The third kappa shape index (κ3) is 5.90. The van der Waals surface area contributed by atoms with Crippen molar-refractivity contribution in [1.82, 2.24) is 20.3 Å². The molecule has 1 heterocycles. The number of hydrazine groups is 1. The van der Waals surface area contributed by atoms with Crippen molar-refractivity contribution in [1.29, 1.82) is 0 Å². The Morgan fingerprint density at radius 2 is 1.57 bits per heavy atom. The molecule has 2 aromatic carbocycles. The van der Waals surface area contributed by atoms with Gasteiger partial charge < -0.3 is 4.52 Å². The number of carbonyl (C=O) groups is 2. The van der Waals surface area contributed by atoms with Gasteiger partial charge in [-0.1, -0.05) is 48.8 Å². The number of aryl methyl sites for hydroxylation is 1. The van der Waals surface area contributed by atoms with Crippen molar-refractivity contribution in [3.8, 4) is 11.3 Å². The number of hydrogen-bond donors (Lipinski definition) is 2. The van der Waals surface area contributed by atoms with Crippen molar-refractivity contribution in [2.75, 3.05) is 13.1 Å². The monoisotopic (exact) mass is 518 g/mol. The van der Waals surface area contributed by atoms with Gasteiger partial charge in [0.1, 0.15) is 17.0 Å². The van der Waals surface area contributed by atoms with Crippen LogP contribution in [-0.4, -0.2) is 42.8 Å². The Balaban J connectivity index is 1.72. The zero-order chi connectivity index (χ0) is 25.6. The molecule has 0 atom stereocenters. The van der Waals surface area contributed by atoms with Gasteiger partial charge in [0.2, 0.25) is 10.0 Å². The first-order valence-corrected chi connectivity index (χ1v) is 12.9. The number of rotatable bonds is 9. The van der Waals surface area contributed by atoms with E-state index in [-0.39, 0.29) is 27.5 Å². The van der Waals surface area contributed by atoms with E-state index in [0.717, 1.165) is 0 Å². The number of nitrogens with zero attached hydrogens (tertiary/aromatic N) is 2. The molecule has 35 heavy (non-hydrogen) atoms. The maximum absolute atomic E-state index is 12.9. The lowest BCUT2D eigenvalue weighted by molar-refractivity contribution is 0.0846. The number of hydrogen-bond acceptors (Lipinski definition) is 6. The lowest BCUT2D eigenvalue weighted by Crippen LogP contribution is -2.42. The van der Waals surface area contributed by atoms with E-state index in [1.54, 1.807) is 31.2 Å². The maximum atomic E-state index is 12.9. The van der Waals surface area contributed by atoms with Crippen molar-refractivity contribution in [3.63, 3.8) is 0 Å². The van der Waals surface area contributed by atoms with Gasteiger partial charge in [0.15, 0.2) is 0 Å². The number of amides is 2. The van der Waals surface area contributed by atoms with Crippen molar-refractivity contribution < 1.29 is 22.5 Å². The fourth-order valence-electron chi connectivity index (χ4n) is 3.50. The summed E-state index contributed by atoms with van der Waals surface area (Å²) in [6.07, 6.45) is 1.40. The van der Waals surface area contributed by atoms with Gasteiger partial charge >= 0.3 is 0 Å². The van der Waals surface area contributed by atoms with Crippen LogP contribution in [0, 0.1) is 6.92 Å². The lowest BCUT2D eigenvalue weighted by atomic mass is 10.1. The van der Waals surface area contributed by atoms with E-state index < -0.39 is 21.8 Å². The van der Waals surface area contributed by atoms with Gasteiger partial charge in [-0.05, 0) is 50.1 Å². The summed E-state index contributed by atoms with van der Waals surface area (Å²) in [5.41, 5.74) is 5.74. The molecular formula is C24H27ClN4O5S. The summed E-state index contributed by atoms with van der Waals surface area (Å²) in [5.74, 6) is -0.999. The number of carbonyl (C=O) groups excluding carboxylic acids is 2. The normalized spacial score (nSPS) is 11.5. The lowest BCUT2D eigenvalue weighted by Gasteiger charge is -2.21. The van der Waals surface area contributed by atoms with E-state index in [9.17, 15) is 18.0 Å². The average molecular weight is 519 g/mol. The van der Waals surface area contributed by atoms with E-state index in [1.807, 2.05) is 13.8 Å². The number of nitrogens with one attached hydrogen (secondary N) is 2. The Morgan fingerprint density at radius 1 is 0.971 bits per heavy atom. The van der Waals surface area contributed by atoms with E-state index in [4.69, 9.17) is 16.1 Å². The zero-order valence-electron chi connectivity index (χ0n) is 19.7. The molecule has 0 bridgehead atoms. The highest BCUT2D eigenvalue weighted by molar-refractivity contribution is 7.89. The first-order chi connectivity index (χ1) is 16.7. The average Bonchev–Trinajstić information content (AvgIpc) is 3.23. The standard InChI is InChI=1S/C24H27ClN4O5S/c1-4-14-29(15-5-2)35(32,33)18-12-10-17(11-13-18)23(30)26-27-24(31)21-16(3)34-28-22(21)19-8-6-7-9-20(19)25/h6-13H,4-5,14-15H2,1-3H3,(H,26,30)(H,27,31). The molecule has 0 aliphatic rings. The molecule has 0 spiro atoms. The fourth-order valence-corrected chi connectivity index (χ4v) is 5.35. The number of benzene rings is 2. The molecule has 0 saturated carbocycles. The first-order valence-electron chi connectivity index (χ1n) is 11.1. The van der Waals surface area contributed by atoms with Crippen molar-refractivity contribution >= 4 is 33.4 Å². The van der Waals surface area contributed by atoms with E-state index in [2.05, 4.69) is 16.0 Å². The molecule has 2 amide bonds. The topological polar surface area (TPSA) is 122 Å². The molecule has 3 aromatic rings. The van der Waals surface area contributed by atoms with Crippen LogP contribution < -0.4 is 10.9 Å². The Labute approximate surface area is 209 Å². The van der Waals surface area contributed by atoms with Crippen LogP contribution in [-0.2, 0) is 10.0 Å². The summed E-state index contributed by atoms with van der Waals surface area (Å²) < 4.78 is 32.4. The third-order valence-corrected chi connectivity index (χ3v) is 7.45. The largest absolute Gasteiger partial charge is 0.360 e. The van der Waals surface area contributed by atoms with Gasteiger partial charge in [0, 0.05) is 24.2 Å². The van der Waals surface area contributed by atoms with E-state index in [0.29, 0.717) is 36.5 Å². The van der Waals surface area contributed by atoms with Crippen LogP contribution >= 0.6 is 11.6 Å². The second-order valence-electron chi connectivity index (χ2n) is 7.78. The molecule has 0 aliphatic carbocycles. The molecule has 0 aliphatic heterocycles. The fraction of sp³-hybridized carbons (Fsp3) is 0.292. The van der Waals surface area contributed by atoms with Crippen LogP contribution in [0.3, 0.4) is 0 Å². The van der Waals surface area contributed by atoms with Gasteiger partial charge in [-0.15, -0.1) is 0 Å². The quantitative estimate of drug-likeness (QED) is 0.410. The molecule has 0 saturated heterocycles. The van der Waals surface area contributed by atoms with Crippen LogP contribution in [0.2, 0.25) is 5.02 Å². The minimum atomic E-state index is -3.66. The second-order valence-corrected chi connectivity index (χ2v) is 10.1. The molecule has 1 aromatic heterocycles. The number of aromatic nitrogens is 1. The summed E-state index contributed by atoms with van der Waals surface area (Å²) >= 11 is 6.22. The molecule has 2 N–H and O–H groups in total. The molecular weight excluding hydrogens is 492 g/mol. The SMILES string of the molecule is CCCN(CCC)S(=O)(=O)c1ccc(C(=O)NNC(=O)c2c(-c3ccccc3Cl)noc2C)cc1. The van der Waals surface area contributed by atoms with Crippen LogP contribution in [0.25, 0.3) is 11.3 Å². The molecule has 11 heteroatoms. The number of halogens is 1. The minimum absolute atomic E-state index is 0.101. The Kier molecular flexibility index (Phi) is 8.66. The van der Waals surface area contributed by atoms with Crippen LogP contribution in [0.15, 0.2) is 57.9 Å². The van der Waals surface area contributed by atoms with Crippen molar-refractivity contribution in [2.24, 2.45) is 0 Å². The Hall–Kier alpha value is -3.21. The highest BCUT2D eigenvalue weighted by Gasteiger charge is 2.25. The van der Waals surface area contributed by atoms with Gasteiger partial charge in [-0.2, -0.15) is 4.31 Å². The van der Waals surface area contributed by atoms with E-state index in [1.165, 1.54) is 28.6 Å².